The number of ether oxygens (including phenoxy) is 2. The fourth-order valence-corrected chi connectivity index (χ4v) is 2.75. The van der Waals surface area contributed by atoms with Gasteiger partial charge in [0.2, 0.25) is 0 Å². The van der Waals surface area contributed by atoms with Crippen LogP contribution in [0.5, 0.6) is 0 Å². The maximum atomic E-state index is 13.1. The van der Waals surface area contributed by atoms with Gasteiger partial charge in [0, 0.05) is 12.0 Å². The summed E-state index contributed by atoms with van der Waals surface area (Å²) in [6.07, 6.45) is -1.43. The molecule has 1 aromatic heterocycles. The van der Waals surface area contributed by atoms with Crippen molar-refractivity contribution in [3.63, 3.8) is 0 Å². The molecule has 0 fully saturated rings. The Morgan fingerprint density at radius 2 is 1.56 bits per heavy atom. The molecule has 2 amide bonds. The van der Waals surface area contributed by atoms with Crippen LogP contribution in [-0.2, 0) is 20.7 Å². The number of anilines is 1. The van der Waals surface area contributed by atoms with E-state index in [9.17, 15) is 19.6 Å². The third-order valence-corrected chi connectivity index (χ3v) is 3.93. The van der Waals surface area contributed by atoms with Crippen LogP contribution in [0.15, 0.2) is 36.4 Å². The van der Waals surface area contributed by atoms with Gasteiger partial charge in [0.1, 0.15) is 29.3 Å². The number of hydrogen-bond acceptors (Lipinski definition) is 7. The number of amides is 2. The molecule has 0 bridgehead atoms. The minimum Gasteiger partial charge on any atom is -0.443 e. The lowest BCUT2D eigenvalue weighted by molar-refractivity contribution is -0.107. The summed E-state index contributed by atoms with van der Waals surface area (Å²) < 4.78 is 10.9. The molecule has 0 radical (unpaired) electrons. The molecular weight excluding hydrogens is 410 g/mol. The van der Waals surface area contributed by atoms with E-state index in [1.807, 2.05) is 6.07 Å². The van der Waals surface area contributed by atoms with E-state index < -0.39 is 23.4 Å². The first kappa shape index (κ1) is 24.5. The van der Waals surface area contributed by atoms with Crippen LogP contribution in [0.4, 0.5) is 15.3 Å². The molecule has 0 aliphatic rings. The highest BCUT2D eigenvalue weighted by molar-refractivity contribution is 6.12. The van der Waals surface area contributed by atoms with Crippen molar-refractivity contribution in [3.8, 4) is 17.3 Å². The number of aromatic nitrogens is 1. The third-order valence-electron chi connectivity index (χ3n) is 3.93. The van der Waals surface area contributed by atoms with E-state index >= 15 is 0 Å². The molecule has 0 atom stereocenters. The first-order valence-corrected chi connectivity index (χ1v) is 10.1. The van der Waals surface area contributed by atoms with Crippen molar-refractivity contribution in [2.45, 2.75) is 59.2 Å². The van der Waals surface area contributed by atoms with Crippen LogP contribution in [0.2, 0.25) is 0 Å². The molecule has 2 rings (SSSR count). The van der Waals surface area contributed by atoms with Crippen molar-refractivity contribution in [1.82, 2.24) is 4.98 Å². The Bertz CT molecular complexity index is 1020. The van der Waals surface area contributed by atoms with Gasteiger partial charge in [-0.15, -0.1) is 0 Å². The van der Waals surface area contributed by atoms with E-state index in [4.69, 9.17) is 9.47 Å². The monoisotopic (exact) mass is 437 g/mol. The lowest BCUT2D eigenvalue weighted by atomic mass is 10.0. The van der Waals surface area contributed by atoms with Gasteiger partial charge in [-0.05, 0) is 53.2 Å². The molecule has 0 spiro atoms. The number of carbonyl (C=O) groups excluding carboxylic acids is 3. The number of aldehydes is 1. The Hall–Kier alpha value is -3.73. The van der Waals surface area contributed by atoms with E-state index in [1.54, 1.807) is 71.9 Å². The Labute approximate surface area is 187 Å². The van der Waals surface area contributed by atoms with Gasteiger partial charge in [0.15, 0.2) is 0 Å². The van der Waals surface area contributed by atoms with Crippen molar-refractivity contribution >= 4 is 24.2 Å². The van der Waals surface area contributed by atoms with Crippen LogP contribution in [0, 0.1) is 11.3 Å². The predicted molar refractivity (Wildman–Crippen MR) is 119 cm³/mol. The lowest BCUT2D eigenvalue weighted by Crippen LogP contribution is -2.44. The summed E-state index contributed by atoms with van der Waals surface area (Å²) in [6.45, 7) is 10.0. The lowest BCUT2D eigenvalue weighted by Gasteiger charge is -2.29. The zero-order chi connectivity index (χ0) is 24.1. The van der Waals surface area contributed by atoms with Gasteiger partial charge in [0.25, 0.3) is 0 Å². The third kappa shape index (κ3) is 6.38. The minimum absolute atomic E-state index is 0.0213. The largest absolute Gasteiger partial charge is 0.443 e. The van der Waals surface area contributed by atoms with E-state index in [1.165, 1.54) is 6.07 Å². The maximum absolute atomic E-state index is 13.1. The van der Waals surface area contributed by atoms with Gasteiger partial charge >= 0.3 is 12.2 Å². The molecule has 32 heavy (non-hydrogen) atoms. The molecule has 0 saturated heterocycles. The molecule has 2 aromatic rings. The number of imide groups is 1. The normalized spacial score (nSPS) is 11.3. The number of benzene rings is 1. The minimum atomic E-state index is -0.965. The molecule has 0 aliphatic carbocycles. The number of hydrogen-bond donors (Lipinski definition) is 0. The average molecular weight is 437 g/mol. The number of nitriles is 1. The van der Waals surface area contributed by atoms with Crippen LogP contribution >= 0.6 is 0 Å². The molecule has 168 valence electrons. The first-order valence-electron chi connectivity index (χ1n) is 10.1. The highest BCUT2D eigenvalue weighted by Crippen LogP contribution is 2.33. The van der Waals surface area contributed by atoms with E-state index in [0.29, 0.717) is 11.8 Å². The highest BCUT2D eigenvalue weighted by atomic mass is 16.6. The van der Waals surface area contributed by atoms with Crippen LogP contribution in [0.1, 0.15) is 52.8 Å². The van der Waals surface area contributed by atoms with E-state index in [-0.39, 0.29) is 29.1 Å². The van der Waals surface area contributed by atoms with Crippen molar-refractivity contribution in [1.29, 1.82) is 5.26 Å². The number of nitrogens with zero attached hydrogens (tertiary/aromatic N) is 3. The summed E-state index contributed by atoms with van der Waals surface area (Å²) in [7, 11) is 0. The van der Waals surface area contributed by atoms with Crippen molar-refractivity contribution < 1.29 is 23.9 Å². The number of rotatable bonds is 4. The topological polar surface area (TPSA) is 110 Å². The van der Waals surface area contributed by atoms with Gasteiger partial charge in [-0.2, -0.15) is 10.2 Å². The molecule has 0 saturated carbocycles. The summed E-state index contributed by atoms with van der Waals surface area (Å²) in [5, 5.41) is 9.54. The summed E-state index contributed by atoms with van der Waals surface area (Å²) in [5.74, 6) is 0. The fraction of sp³-hybridized carbons (Fsp3) is 0.375. The van der Waals surface area contributed by atoms with Crippen LogP contribution in [0.3, 0.4) is 0 Å². The Morgan fingerprint density at radius 3 is 2.00 bits per heavy atom. The second-order valence-corrected chi connectivity index (χ2v) is 9.01. The van der Waals surface area contributed by atoms with Crippen molar-refractivity contribution in [3.05, 3.63) is 47.7 Å². The van der Waals surface area contributed by atoms with Gasteiger partial charge in [-0.3, -0.25) is 0 Å². The second kappa shape index (κ2) is 9.60. The Kier molecular flexibility index (Phi) is 7.36. The number of pyridine rings is 1. The SMILES string of the molecule is CC(C)(C)OC(=O)N(C(=O)OC(C)(C)C)c1cc(CC=O)c(C#N)nc1-c1ccccc1. The smallest absolute Gasteiger partial charge is 0.424 e. The summed E-state index contributed by atoms with van der Waals surface area (Å²) in [6, 6.07) is 12.2. The molecule has 8 nitrogen and oxygen atoms in total. The fourth-order valence-electron chi connectivity index (χ4n) is 2.75. The highest BCUT2D eigenvalue weighted by Gasteiger charge is 2.35. The van der Waals surface area contributed by atoms with Crippen LogP contribution in [0.25, 0.3) is 11.3 Å². The van der Waals surface area contributed by atoms with Crippen molar-refractivity contribution in [2.24, 2.45) is 0 Å². The van der Waals surface area contributed by atoms with Gasteiger partial charge in [-0.1, -0.05) is 30.3 Å². The predicted octanol–water partition coefficient (Wildman–Crippen LogP) is 5.04. The molecule has 0 aliphatic heterocycles. The molecule has 8 heteroatoms. The van der Waals surface area contributed by atoms with E-state index in [2.05, 4.69) is 4.98 Å². The summed E-state index contributed by atoms with van der Waals surface area (Å²) in [4.78, 5) is 42.6. The number of carbonyl (C=O) groups is 3. The average Bonchev–Trinajstić information content (AvgIpc) is 2.66. The van der Waals surface area contributed by atoms with Gasteiger partial charge in [0.05, 0.1) is 11.4 Å². The van der Waals surface area contributed by atoms with Crippen LogP contribution < -0.4 is 4.90 Å². The zero-order valence-electron chi connectivity index (χ0n) is 19.1. The molecule has 1 heterocycles. The van der Waals surface area contributed by atoms with Gasteiger partial charge < -0.3 is 14.3 Å². The summed E-state index contributed by atoms with van der Waals surface area (Å²) >= 11 is 0. The first-order chi connectivity index (χ1) is 14.9. The second-order valence-electron chi connectivity index (χ2n) is 9.01. The quantitative estimate of drug-likeness (QED) is 0.616. The van der Waals surface area contributed by atoms with Crippen LogP contribution in [-0.4, -0.2) is 34.7 Å². The summed E-state index contributed by atoms with van der Waals surface area (Å²) in [5.41, 5.74) is -0.675. The van der Waals surface area contributed by atoms with Gasteiger partial charge in [-0.25, -0.2) is 14.6 Å². The molecular formula is C24H27N3O5. The Balaban J connectivity index is 2.80. The van der Waals surface area contributed by atoms with Crippen molar-refractivity contribution in [2.75, 3.05) is 4.90 Å². The standard InChI is InChI=1S/C24H27N3O5/c1-23(2,3)31-21(29)27(22(30)32-24(4,5)6)19-14-17(12-13-28)18(15-25)26-20(19)16-10-8-7-9-11-16/h7-11,13-14H,12H2,1-6H3. The molecule has 1 aromatic carbocycles. The zero-order valence-corrected chi connectivity index (χ0v) is 19.1. The maximum Gasteiger partial charge on any atom is 0.424 e. The molecule has 0 N–H and O–H groups in total. The Morgan fingerprint density at radius 1 is 1.03 bits per heavy atom. The van der Waals surface area contributed by atoms with E-state index in [0.717, 1.165) is 4.90 Å². The molecule has 0 unspecified atom stereocenters.